The fourth-order valence-electron chi connectivity index (χ4n) is 1.30. The molecule has 3 N–H and O–H groups in total. The smallest absolute Gasteiger partial charge is 0.273 e. The molecule has 0 aromatic carbocycles. The molecule has 1 heterocycles. The van der Waals surface area contributed by atoms with E-state index in [2.05, 4.69) is 10.3 Å². The summed E-state index contributed by atoms with van der Waals surface area (Å²) in [5, 5.41) is 22.0. The van der Waals surface area contributed by atoms with Crippen LogP contribution in [-0.4, -0.2) is 58.2 Å². The Morgan fingerprint density at radius 3 is 2.50 bits per heavy atom. The first-order valence-electron chi connectivity index (χ1n) is 5.32. The van der Waals surface area contributed by atoms with E-state index in [1.165, 1.54) is 17.2 Å². The molecule has 8 heteroatoms. The van der Waals surface area contributed by atoms with Crippen molar-refractivity contribution in [1.29, 1.82) is 0 Å². The van der Waals surface area contributed by atoms with Crippen molar-refractivity contribution in [3.05, 3.63) is 11.1 Å². The number of nitrogens with one attached hydrogen (secondary N) is 1. The summed E-state index contributed by atoms with van der Waals surface area (Å²) < 4.78 is 0. The number of hydrogen-bond donors (Lipinski definition) is 3. The number of rotatable bonds is 6. The van der Waals surface area contributed by atoms with Gasteiger partial charge in [-0.05, 0) is 0 Å². The molecular weight excluding hydrogens is 258 g/mol. The third-order valence-corrected chi connectivity index (χ3v) is 2.79. The van der Waals surface area contributed by atoms with E-state index < -0.39 is 0 Å². The first kappa shape index (κ1) is 14.6. The predicted octanol–water partition coefficient (Wildman–Crippen LogP) is -0.472. The first-order valence-corrected chi connectivity index (χ1v) is 6.20. The van der Waals surface area contributed by atoms with Crippen LogP contribution in [0.4, 0.5) is 5.13 Å². The van der Waals surface area contributed by atoms with E-state index in [0.717, 1.165) is 11.3 Å². The van der Waals surface area contributed by atoms with E-state index in [1.807, 2.05) is 0 Å². The van der Waals surface area contributed by atoms with E-state index in [0.29, 0.717) is 5.13 Å². The minimum Gasteiger partial charge on any atom is -0.395 e. The summed E-state index contributed by atoms with van der Waals surface area (Å²) in [7, 11) is 0. The zero-order chi connectivity index (χ0) is 13.5. The molecule has 0 atom stereocenters. The standard InChI is InChI=1S/C10H15N3O4S/c1-7(16)11-10-12-8(6-18-10)9(17)13(2-4-14)3-5-15/h6,14-15H,2-5H2,1H3,(H,11,12,16). The van der Waals surface area contributed by atoms with Crippen LogP contribution in [0, 0.1) is 0 Å². The van der Waals surface area contributed by atoms with Gasteiger partial charge in [0.2, 0.25) is 5.91 Å². The average molecular weight is 273 g/mol. The number of thiazole rings is 1. The SMILES string of the molecule is CC(=O)Nc1nc(C(=O)N(CCO)CCO)cs1. The van der Waals surface area contributed by atoms with Crippen LogP contribution < -0.4 is 5.32 Å². The molecule has 0 aliphatic heterocycles. The maximum atomic E-state index is 12.0. The molecule has 1 aromatic heterocycles. The summed E-state index contributed by atoms with van der Waals surface area (Å²) in [6.07, 6.45) is 0. The van der Waals surface area contributed by atoms with E-state index >= 15 is 0 Å². The van der Waals surface area contributed by atoms with Crippen molar-refractivity contribution in [1.82, 2.24) is 9.88 Å². The lowest BCUT2D eigenvalue weighted by Crippen LogP contribution is -2.36. The fourth-order valence-corrected chi connectivity index (χ4v) is 2.03. The van der Waals surface area contributed by atoms with Crippen molar-refractivity contribution >= 4 is 28.3 Å². The highest BCUT2D eigenvalue weighted by molar-refractivity contribution is 7.14. The van der Waals surface area contributed by atoms with Gasteiger partial charge in [0.1, 0.15) is 5.69 Å². The van der Waals surface area contributed by atoms with Crippen molar-refractivity contribution in [2.75, 3.05) is 31.6 Å². The molecule has 0 aliphatic carbocycles. The molecule has 0 bridgehead atoms. The Bertz CT molecular complexity index is 415. The van der Waals surface area contributed by atoms with Crippen LogP contribution in [-0.2, 0) is 4.79 Å². The van der Waals surface area contributed by atoms with E-state index in [-0.39, 0.29) is 43.8 Å². The van der Waals surface area contributed by atoms with Crippen LogP contribution in [0.1, 0.15) is 17.4 Å². The Balaban J connectivity index is 2.74. The number of nitrogens with zero attached hydrogens (tertiary/aromatic N) is 2. The number of aromatic nitrogens is 1. The molecule has 0 saturated heterocycles. The Morgan fingerprint density at radius 2 is 2.00 bits per heavy atom. The van der Waals surface area contributed by atoms with Crippen LogP contribution in [0.25, 0.3) is 0 Å². The van der Waals surface area contributed by atoms with Crippen molar-refractivity contribution in [2.24, 2.45) is 0 Å². The zero-order valence-electron chi connectivity index (χ0n) is 9.92. The van der Waals surface area contributed by atoms with Gasteiger partial charge in [0.15, 0.2) is 5.13 Å². The second kappa shape index (κ2) is 7.04. The molecule has 0 saturated carbocycles. The van der Waals surface area contributed by atoms with Gasteiger partial charge in [-0.3, -0.25) is 9.59 Å². The molecule has 0 fully saturated rings. The molecule has 18 heavy (non-hydrogen) atoms. The lowest BCUT2D eigenvalue weighted by Gasteiger charge is -2.19. The van der Waals surface area contributed by atoms with Gasteiger partial charge in [-0.1, -0.05) is 0 Å². The molecule has 0 radical (unpaired) electrons. The summed E-state index contributed by atoms with van der Waals surface area (Å²) in [6, 6.07) is 0. The molecule has 0 aliphatic rings. The number of hydrogen-bond acceptors (Lipinski definition) is 6. The summed E-state index contributed by atoms with van der Waals surface area (Å²) in [4.78, 5) is 28.1. The largest absolute Gasteiger partial charge is 0.395 e. The molecule has 1 aromatic rings. The van der Waals surface area contributed by atoms with Gasteiger partial charge in [0.05, 0.1) is 13.2 Å². The van der Waals surface area contributed by atoms with Crippen LogP contribution in [0.15, 0.2) is 5.38 Å². The summed E-state index contributed by atoms with van der Waals surface area (Å²) in [6.45, 7) is 1.24. The molecule has 2 amide bonds. The van der Waals surface area contributed by atoms with Crippen LogP contribution in [0.2, 0.25) is 0 Å². The molecule has 7 nitrogen and oxygen atoms in total. The Hall–Kier alpha value is -1.51. The lowest BCUT2D eigenvalue weighted by atomic mass is 10.4. The molecule has 0 unspecified atom stereocenters. The molecule has 1 rings (SSSR count). The highest BCUT2D eigenvalue weighted by Crippen LogP contribution is 2.16. The lowest BCUT2D eigenvalue weighted by molar-refractivity contribution is -0.114. The summed E-state index contributed by atoms with van der Waals surface area (Å²) >= 11 is 1.14. The Kier molecular flexibility index (Phi) is 5.69. The second-order valence-electron chi connectivity index (χ2n) is 3.46. The van der Waals surface area contributed by atoms with Gasteiger partial charge in [-0.25, -0.2) is 4.98 Å². The van der Waals surface area contributed by atoms with Crippen molar-refractivity contribution < 1.29 is 19.8 Å². The highest BCUT2D eigenvalue weighted by Gasteiger charge is 2.18. The first-order chi connectivity index (χ1) is 8.58. The van der Waals surface area contributed by atoms with Crippen molar-refractivity contribution in [3.63, 3.8) is 0 Å². The number of carbonyl (C=O) groups is 2. The van der Waals surface area contributed by atoms with Gasteiger partial charge in [0.25, 0.3) is 5.91 Å². The number of anilines is 1. The predicted molar refractivity (Wildman–Crippen MR) is 66.5 cm³/mol. The monoisotopic (exact) mass is 273 g/mol. The minimum atomic E-state index is -0.383. The zero-order valence-corrected chi connectivity index (χ0v) is 10.7. The average Bonchev–Trinajstić information content (AvgIpc) is 2.75. The molecule has 100 valence electrons. The number of aliphatic hydroxyl groups excluding tert-OH is 2. The van der Waals surface area contributed by atoms with Crippen LogP contribution in [0.3, 0.4) is 0 Å². The number of amides is 2. The third kappa shape index (κ3) is 4.06. The second-order valence-corrected chi connectivity index (χ2v) is 4.32. The van der Waals surface area contributed by atoms with Crippen LogP contribution in [0.5, 0.6) is 0 Å². The van der Waals surface area contributed by atoms with Gasteiger partial charge in [-0.15, -0.1) is 11.3 Å². The quantitative estimate of drug-likeness (QED) is 0.650. The van der Waals surface area contributed by atoms with Gasteiger partial charge < -0.3 is 20.4 Å². The maximum Gasteiger partial charge on any atom is 0.273 e. The van der Waals surface area contributed by atoms with Gasteiger partial charge in [-0.2, -0.15) is 0 Å². The van der Waals surface area contributed by atoms with Crippen molar-refractivity contribution in [2.45, 2.75) is 6.92 Å². The maximum absolute atomic E-state index is 12.0. The third-order valence-electron chi connectivity index (χ3n) is 2.03. The van der Waals surface area contributed by atoms with Crippen molar-refractivity contribution in [3.8, 4) is 0 Å². The number of aliphatic hydroxyl groups is 2. The van der Waals surface area contributed by atoms with E-state index in [9.17, 15) is 9.59 Å². The van der Waals surface area contributed by atoms with E-state index in [4.69, 9.17) is 10.2 Å². The van der Waals surface area contributed by atoms with Gasteiger partial charge >= 0.3 is 0 Å². The van der Waals surface area contributed by atoms with E-state index in [1.54, 1.807) is 0 Å². The minimum absolute atomic E-state index is 0.131. The Morgan fingerprint density at radius 1 is 1.39 bits per heavy atom. The number of carbonyl (C=O) groups excluding carboxylic acids is 2. The van der Waals surface area contributed by atoms with Gasteiger partial charge in [0, 0.05) is 25.4 Å². The molecule has 0 spiro atoms. The Labute approximate surface area is 108 Å². The van der Waals surface area contributed by atoms with Crippen LogP contribution >= 0.6 is 11.3 Å². The summed E-state index contributed by atoms with van der Waals surface area (Å²) in [5.74, 6) is -0.642. The summed E-state index contributed by atoms with van der Waals surface area (Å²) in [5.41, 5.74) is 0.186. The fraction of sp³-hybridized carbons (Fsp3) is 0.500. The topological polar surface area (TPSA) is 103 Å². The normalized spacial score (nSPS) is 10.2. The highest BCUT2D eigenvalue weighted by atomic mass is 32.1. The molecular formula is C10H15N3O4S.